The molecule has 0 unspecified atom stereocenters. The minimum atomic E-state index is -0.371. The molecule has 7 heteroatoms. The highest BCUT2D eigenvalue weighted by Gasteiger charge is 2.20. The van der Waals surface area contributed by atoms with Gasteiger partial charge in [0, 0.05) is 11.5 Å². The Kier molecular flexibility index (Phi) is 5.07. The molecule has 4 rings (SSSR count). The molecule has 5 nitrogen and oxygen atoms in total. The molecule has 0 amide bonds. The maximum Gasteiger partial charge on any atom is 0.217 e. The summed E-state index contributed by atoms with van der Waals surface area (Å²) in [6.07, 6.45) is 0. The molecule has 1 heterocycles. The summed E-state index contributed by atoms with van der Waals surface area (Å²) >= 11 is 1.13. The first-order valence-electron chi connectivity index (χ1n) is 8.55. The van der Waals surface area contributed by atoms with Crippen molar-refractivity contribution in [1.82, 2.24) is 9.36 Å². The van der Waals surface area contributed by atoms with Gasteiger partial charge in [-0.05, 0) is 36.4 Å². The van der Waals surface area contributed by atoms with E-state index in [1.54, 1.807) is 23.1 Å². The molecule has 0 spiro atoms. The van der Waals surface area contributed by atoms with Crippen molar-refractivity contribution in [3.63, 3.8) is 0 Å². The minimum absolute atomic E-state index is 0.244. The Morgan fingerprint density at radius 3 is 2.25 bits per heavy atom. The van der Waals surface area contributed by atoms with E-state index in [2.05, 4.69) is 14.3 Å². The third-order valence-electron chi connectivity index (χ3n) is 3.96. The number of para-hydroxylation sites is 2. The maximum absolute atomic E-state index is 14.1. The topological polar surface area (TPSA) is 67.4 Å². The van der Waals surface area contributed by atoms with E-state index in [9.17, 15) is 4.39 Å². The van der Waals surface area contributed by atoms with Gasteiger partial charge < -0.3 is 5.73 Å². The Labute approximate surface area is 165 Å². The number of rotatable bonds is 4. The van der Waals surface area contributed by atoms with E-state index >= 15 is 0 Å². The van der Waals surface area contributed by atoms with Crippen LogP contribution in [0.4, 0.5) is 20.9 Å². The second-order valence-corrected chi connectivity index (χ2v) is 6.59. The number of nitrogens with two attached hydrogens (primary N) is 1. The molecule has 138 valence electrons. The number of halogens is 1. The van der Waals surface area contributed by atoms with Crippen molar-refractivity contribution in [2.24, 2.45) is 10.7 Å². The summed E-state index contributed by atoms with van der Waals surface area (Å²) < 4.78 is 18.4. The van der Waals surface area contributed by atoms with E-state index < -0.39 is 0 Å². The van der Waals surface area contributed by atoms with Crippen LogP contribution in [-0.4, -0.2) is 15.3 Å². The van der Waals surface area contributed by atoms with Gasteiger partial charge in [-0.15, -0.1) is 0 Å². The van der Waals surface area contributed by atoms with Crippen molar-refractivity contribution in [3.05, 3.63) is 90.7 Å². The lowest BCUT2D eigenvalue weighted by molar-refractivity contribution is 0.630. The first-order valence-corrected chi connectivity index (χ1v) is 9.33. The van der Waals surface area contributed by atoms with Crippen LogP contribution in [0.15, 0.2) is 89.9 Å². The molecule has 4 aromatic rings. The van der Waals surface area contributed by atoms with Gasteiger partial charge in [-0.1, -0.05) is 48.5 Å². The second kappa shape index (κ2) is 7.98. The number of benzene rings is 3. The quantitative estimate of drug-likeness (QED) is 0.388. The van der Waals surface area contributed by atoms with E-state index in [1.807, 2.05) is 60.7 Å². The summed E-state index contributed by atoms with van der Waals surface area (Å²) in [6, 6.07) is 25.3. The standard InChI is InChI=1S/C21H16FN5S/c22-18-14-8-7-13-17(18)19-25-21(28-26-19)27(16-11-5-2-6-12-16)20(23)24-15-9-3-1-4-10-15/h1-14H,(H2,23,24). The van der Waals surface area contributed by atoms with Gasteiger partial charge in [-0.3, -0.25) is 4.90 Å². The van der Waals surface area contributed by atoms with E-state index in [0.717, 1.165) is 22.9 Å². The van der Waals surface area contributed by atoms with Crippen LogP contribution in [0, 0.1) is 5.82 Å². The van der Waals surface area contributed by atoms with Crippen molar-refractivity contribution in [2.45, 2.75) is 0 Å². The zero-order valence-electron chi connectivity index (χ0n) is 14.7. The Morgan fingerprint density at radius 1 is 0.893 bits per heavy atom. The van der Waals surface area contributed by atoms with Gasteiger partial charge in [0.05, 0.1) is 16.9 Å². The van der Waals surface area contributed by atoms with Gasteiger partial charge in [0.1, 0.15) is 5.82 Å². The van der Waals surface area contributed by atoms with Crippen molar-refractivity contribution in [1.29, 1.82) is 0 Å². The smallest absolute Gasteiger partial charge is 0.217 e. The first kappa shape index (κ1) is 17.8. The van der Waals surface area contributed by atoms with Gasteiger partial charge >= 0.3 is 0 Å². The van der Waals surface area contributed by atoms with E-state index in [4.69, 9.17) is 5.73 Å². The fourth-order valence-electron chi connectivity index (χ4n) is 2.66. The van der Waals surface area contributed by atoms with E-state index in [0.29, 0.717) is 16.5 Å². The molecule has 0 aliphatic heterocycles. The molecule has 1 aromatic heterocycles. The summed E-state index contributed by atoms with van der Waals surface area (Å²) in [5.41, 5.74) is 8.19. The minimum Gasteiger partial charge on any atom is -0.369 e. The van der Waals surface area contributed by atoms with Crippen LogP contribution >= 0.6 is 11.5 Å². The zero-order chi connectivity index (χ0) is 19.3. The Hall–Kier alpha value is -3.58. The Balaban J connectivity index is 1.77. The second-order valence-electron chi connectivity index (χ2n) is 5.86. The highest BCUT2D eigenvalue weighted by Crippen LogP contribution is 2.31. The number of anilines is 2. The average Bonchev–Trinajstić information content (AvgIpc) is 3.19. The number of aliphatic imine (C=N–C) groups is 1. The number of hydrogen-bond donors (Lipinski definition) is 1. The van der Waals surface area contributed by atoms with Crippen molar-refractivity contribution in [3.8, 4) is 11.4 Å². The van der Waals surface area contributed by atoms with Crippen molar-refractivity contribution in [2.75, 3.05) is 4.90 Å². The lowest BCUT2D eigenvalue weighted by Crippen LogP contribution is -2.33. The molecule has 3 aromatic carbocycles. The predicted octanol–water partition coefficient (Wildman–Crippen LogP) is 5.13. The number of aromatic nitrogens is 2. The van der Waals surface area contributed by atoms with Crippen LogP contribution in [0.1, 0.15) is 0 Å². The summed E-state index contributed by atoms with van der Waals surface area (Å²) in [5.74, 6) is 0.184. The molecule has 0 atom stereocenters. The molecule has 0 fully saturated rings. The normalized spacial score (nSPS) is 11.4. The van der Waals surface area contributed by atoms with Gasteiger partial charge in [0.15, 0.2) is 5.82 Å². The molecular weight excluding hydrogens is 373 g/mol. The largest absolute Gasteiger partial charge is 0.369 e. The van der Waals surface area contributed by atoms with Gasteiger partial charge in [-0.2, -0.15) is 9.36 Å². The zero-order valence-corrected chi connectivity index (χ0v) is 15.6. The molecule has 2 N–H and O–H groups in total. The predicted molar refractivity (Wildman–Crippen MR) is 112 cm³/mol. The number of nitrogens with zero attached hydrogens (tertiary/aromatic N) is 4. The lowest BCUT2D eigenvalue weighted by Gasteiger charge is -2.20. The lowest BCUT2D eigenvalue weighted by atomic mass is 10.2. The monoisotopic (exact) mass is 389 g/mol. The fraction of sp³-hybridized carbons (Fsp3) is 0. The van der Waals surface area contributed by atoms with Crippen LogP contribution in [0.25, 0.3) is 11.4 Å². The Bertz CT molecular complexity index is 1100. The van der Waals surface area contributed by atoms with Crippen LogP contribution < -0.4 is 10.6 Å². The third-order valence-corrected chi connectivity index (χ3v) is 4.67. The van der Waals surface area contributed by atoms with Crippen LogP contribution in [0.5, 0.6) is 0 Å². The van der Waals surface area contributed by atoms with Gasteiger partial charge in [-0.25, -0.2) is 9.38 Å². The van der Waals surface area contributed by atoms with E-state index in [-0.39, 0.29) is 11.8 Å². The highest BCUT2D eigenvalue weighted by atomic mass is 32.1. The average molecular weight is 389 g/mol. The summed E-state index contributed by atoms with van der Waals surface area (Å²) in [6.45, 7) is 0. The number of hydrogen-bond acceptors (Lipinski definition) is 4. The highest BCUT2D eigenvalue weighted by molar-refractivity contribution is 7.10. The molecule has 28 heavy (non-hydrogen) atoms. The molecule has 0 radical (unpaired) electrons. The molecule has 0 bridgehead atoms. The molecule has 0 aliphatic carbocycles. The number of guanidine groups is 1. The van der Waals surface area contributed by atoms with Gasteiger partial charge in [0.25, 0.3) is 0 Å². The van der Waals surface area contributed by atoms with Crippen LogP contribution in [0.2, 0.25) is 0 Å². The SMILES string of the molecule is NC(=Nc1ccccc1)N(c1ccccc1)c1nc(-c2ccccc2F)ns1. The van der Waals surface area contributed by atoms with Crippen molar-refractivity contribution >= 4 is 34.0 Å². The summed E-state index contributed by atoms with van der Waals surface area (Å²) in [5, 5.41) is 0.502. The maximum atomic E-state index is 14.1. The Morgan fingerprint density at radius 2 is 1.54 bits per heavy atom. The van der Waals surface area contributed by atoms with Gasteiger partial charge in [0.2, 0.25) is 11.1 Å². The molecule has 0 saturated carbocycles. The van der Waals surface area contributed by atoms with Crippen LogP contribution in [-0.2, 0) is 0 Å². The van der Waals surface area contributed by atoms with Crippen molar-refractivity contribution < 1.29 is 4.39 Å². The summed E-state index contributed by atoms with van der Waals surface area (Å²) in [4.78, 5) is 10.7. The third kappa shape index (κ3) is 3.74. The fourth-order valence-corrected chi connectivity index (χ4v) is 3.38. The molecule has 0 aliphatic rings. The molecule has 0 saturated heterocycles. The summed E-state index contributed by atoms with van der Waals surface area (Å²) in [7, 11) is 0. The molecular formula is C21H16FN5S. The first-order chi connectivity index (χ1) is 13.7. The van der Waals surface area contributed by atoms with Crippen LogP contribution in [0.3, 0.4) is 0 Å². The van der Waals surface area contributed by atoms with E-state index in [1.165, 1.54) is 6.07 Å².